The van der Waals surface area contributed by atoms with Crippen LogP contribution in [0.25, 0.3) is 0 Å². The SMILES string of the molecule is CCCCCCCCCCCCCCCCC(=O)O[Si](CCC)(CCC)OC(=O)CCCCCCCCCCCCCCCC. The first-order chi connectivity index (χ1) is 22.0. The van der Waals surface area contributed by atoms with E-state index in [1.807, 2.05) is 0 Å². The lowest BCUT2D eigenvalue weighted by atomic mass is 10.0. The maximum Gasteiger partial charge on any atom is 0.464 e. The van der Waals surface area contributed by atoms with Gasteiger partial charge in [-0.05, 0) is 12.8 Å². The Hall–Kier alpha value is -0.843. The van der Waals surface area contributed by atoms with Crippen molar-refractivity contribution in [3.05, 3.63) is 0 Å². The Morgan fingerprint density at radius 1 is 0.333 bits per heavy atom. The van der Waals surface area contributed by atoms with Gasteiger partial charge in [0.25, 0.3) is 11.9 Å². The maximum atomic E-state index is 12.8. The van der Waals surface area contributed by atoms with E-state index in [0.29, 0.717) is 12.8 Å². The number of rotatable bonds is 36. The van der Waals surface area contributed by atoms with Crippen molar-refractivity contribution in [1.29, 1.82) is 0 Å². The smallest absolute Gasteiger partial charge is 0.464 e. The van der Waals surface area contributed by atoms with E-state index in [0.717, 1.165) is 50.6 Å². The van der Waals surface area contributed by atoms with Crippen molar-refractivity contribution in [2.75, 3.05) is 0 Å². The normalized spacial score (nSPS) is 11.6. The number of hydrogen-bond acceptors (Lipinski definition) is 4. The van der Waals surface area contributed by atoms with Crippen LogP contribution in [0.1, 0.15) is 233 Å². The molecule has 4 nitrogen and oxygen atoms in total. The van der Waals surface area contributed by atoms with Crippen LogP contribution in [0.4, 0.5) is 0 Å². The first-order valence-electron chi connectivity index (χ1n) is 20.5. The van der Waals surface area contributed by atoms with Gasteiger partial charge in [0.05, 0.1) is 0 Å². The Morgan fingerprint density at radius 2 is 0.556 bits per heavy atom. The van der Waals surface area contributed by atoms with E-state index < -0.39 is 8.56 Å². The zero-order valence-electron chi connectivity index (χ0n) is 31.2. The highest BCUT2D eigenvalue weighted by molar-refractivity contribution is 6.70. The lowest BCUT2D eigenvalue weighted by molar-refractivity contribution is -0.142. The van der Waals surface area contributed by atoms with Gasteiger partial charge in [-0.25, -0.2) is 0 Å². The molecule has 0 fully saturated rings. The molecular weight excluding hydrogens is 573 g/mol. The quantitative estimate of drug-likeness (QED) is 0.0499. The van der Waals surface area contributed by atoms with Gasteiger partial charge in [-0.2, -0.15) is 0 Å². The van der Waals surface area contributed by atoms with Crippen LogP contribution in [-0.2, 0) is 18.4 Å². The molecule has 0 aromatic heterocycles. The number of carbonyl (C=O) groups excluding carboxylic acids is 2. The first-order valence-corrected chi connectivity index (χ1v) is 22.7. The third kappa shape index (κ3) is 30.3. The monoisotopic (exact) mass is 653 g/mol. The minimum absolute atomic E-state index is 0.146. The molecule has 0 aromatic rings. The molecule has 0 amide bonds. The highest BCUT2D eigenvalue weighted by atomic mass is 28.4. The molecule has 5 heteroatoms. The zero-order valence-corrected chi connectivity index (χ0v) is 32.2. The Kier molecular flexibility index (Phi) is 33.8. The van der Waals surface area contributed by atoms with Crippen molar-refractivity contribution >= 4 is 20.5 Å². The van der Waals surface area contributed by atoms with Crippen LogP contribution in [0, 0.1) is 0 Å². The van der Waals surface area contributed by atoms with Crippen LogP contribution in [0.3, 0.4) is 0 Å². The second-order valence-electron chi connectivity index (χ2n) is 14.1. The maximum absolute atomic E-state index is 12.8. The van der Waals surface area contributed by atoms with E-state index in [2.05, 4.69) is 27.7 Å². The van der Waals surface area contributed by atoms with Crippen LogP contribution < -0.4 is 0 Å². The summed E-state index contributed by atoms with van der Waals surface area (Å²) in [6.07, 6.45) is 39.1. The summed E-state index contributed by atoms with van der Waals surface area (Å²) in [6, 6.07) is 1.44. The average Bonchev–Trinajstić information content (AvgIpc) is 3.01. The fourth-order valence-electron chi connectivity index (χ4n) is 6.56. The summed E-state index contributed by atoms with van der Waals surface area (Å²) in [6.45, 7) is 8.75. The Morgan fingerprint density at radius 3 is 0.778 bits per heavy atom. The zero-order chi connectivity index (χ0) is 33.1. The molecule has 0 aliphatic rings. The Balaban J connectivity index is 4.01. The number of hydrogen-bond donors (Lipinski definition) is 0. The molecule has 45 heavy (non-hydrogen) atoms. The van der Waals surface area contributed by atoms with Crippen molar-refractivity contribution in [3.63, 3.8) is 0 Å². The summed E-state index contributed by atoms with van der Waals surface area (Å²) in [4.78, 5) is 25.7. The third-order valence-electron chi connectivity index (χ3n) is 9.33. The van der Waals surface area contributed by atoms with E-state index in [-0.39, 0.29) is 11.9 Å². The molecule has 0 spiro atoms. The highest BCUT2D eigenvalue weighted by Crippen LogP contribution is 2.26. The van der Waals surface area contributed by atoms with Gasteiger partial charge < -0.3 is 8.85 Å². The summed E-state index contributed by atoms with van der Waals surface area (Å²) in [7, 11) is -2.83. The van der Waals surface area contributed by atoms with Gasteiger partial charge in [0, 0.05) is 24.9 Å². The van der Waals surface area contributed by atoms with E-state index in [4.69, 9.17) is 8.85 Å². The summed E-state index contributed by atoms with van der Waals surface area (Å²) in [5.74, 6) is -0.293. The van der Waals surface area contributed by atoms with Gasteiger partial charge in [0.15, 0.2) is 0 Å². The van der Waals surface area contributed by atoms with Crippen LogP contribution >= 0.6 is 0 Å². The molecule has 0 N–H and O–H groups in total. The lowest BCUT2D eigenvalue weighted by Gasteiger charge is -2.29. The number of unbranched alkanes of at least 4 members (excludes halogenated alkanes) is 26. The van der Waals surface area contributed by atoms with E-state index in [1.165, 1.54) is 154 Å². The standard InChI is InChI=1S/C40H80O4Si/c1-5-9-11-13-15-17-19-21-23-25-27-29-31-33-35-39(41)43-45(37-7-3,38-8-4)44-40(42)36-34-32-30-28-26-24-22-20-18-16-14-12-10-6-2/h5-38H2,1-4H3. The average molecular weight is 653 g/mol. The summed E-state index contributed by atoms with van der Waals surface area (Å²) >= 11 is 0. The van der Waals surface area contributed by atoms with Gasteiger partial charge in [-0.15, -0.1) is 0 Å². The molecule has 0 atom stereocenters. The fraction of sp³-hybridized carbons (Fsp3) is 0.950. The van der Waals surface area contributed by atoms with Crippen LogP contribution in [0.5, 0.6) is 0 Å². The molecular formula is C40H80O4Si. The van der Waals surface area contributed by atoms with Crippen LogP contribution in [0.15, 0.2) is 0 Å². The second kappa shape index (κ2) is 34.5. The second-order valence-corrected chi connectivity index (χ2v) is 17.3. The Labute approximate surface area is 283 Å². The van der Waals surface area contributed by atoms with Crippen molar-refractivity contribution in [2.45, 2.75) is 245 Å². The summed E-state index contributed by atoms with van der Waals surface area (Å²) < 4.78 is 12.2. The van der Waals surface area contributed by atoms with Crippen molar-refractivity contribution in [2.24, 2.45) is 0 Å². The fourth-order valence-corrected chi connectivity index (χ4v) is 9.81. The predicted molar refractivity (Wildman–Crippen MR) is 198 cm³/mol. The molecule has 0 aliphatic carbocycles. The van der Waals surface area contributed by atoms with Gasteiger partial charge in [0.1, 0.15) is 0 Å². The van der Waals surface area contributed by atoms with Crippen molar-refractivity contribution in [1.82, 2.24) is 0 Å². The van der Waals surface area contributed by atoms with E-state index >= 15 is 0 Å². The largest absolute Gasteiger partial charge is 0.485 e. The third-order valence-corrected chi connectivity index (χ3v) is 13.1. The van der Waals surface area contributed by atoms with Gasteiger partial charge >= 0.3 is 8.56 Å². The predicted octanol–water partition coefficient (Wildman–Crippen LogP) is 14.1. The lowest BCUT2D eigenvalue weighted by Crippen LogP contribution is -2.45. The molecule has 0 radical (unpaired) electrons. The van der Waals surface area contributed by atoms with E-state index in [9.17, 15) is 9.59 Å². The van der Waals surface area contributed by atoms with Crippen LogP contribution in [0.2, 0.25) is 12.1 Å². The number of carbonyl (C=O) groups is 2. The molecule has 0 bridgehead atoms. The minimum atomic E-state index is -2.83. The minimum Gasteiger partial charge on any atom is -0.485 e. The topological polar surface area (TPSA) is 52.6 Å². The Bertz CT molecular complexity index is 584. The molecule has 0 rings (SSSR count). The van der Waals surface area contributed by atoms with Crippen LogP contribution in [-0.4, -0.2) is 20.5 Å². The molecule has 268 valence electrons. The molecule has 0 unspecified atom stereocenters. The van der Waals surface area contributed by atoms with Crippen molar-refractivity contribution in [3.8, 4) is 0 Å². The van der Waals surface area contributed by atoms with E-state index in [1.54, 1.807) is 0 Å². The molecule has 0 aromatic carbocycles. The molecule has 0 saturated carbocycles. The molecule has 0 aliphatic heterocycles. The van der Waals surface area contributed by atoms with Gasteiger partial charge in [0.2, 0.25) is 0 Å². The van der Waals surface area contributed by atoms with Gasteiger partial charge in [-0.1, -0.05) is 207 Å². The van der Waals surface area contributed by atoms with Gasteiger partial charge in [-0.3, -0.25) is 9.59 Å². The first kappa shape index (κ1) is 44.2. The summed E-state index contributed by atoms with van der Waals surface area (Å²) in [5, 5.41) is 0. The molecule has 0 saturated heterocycles. The molecule has 0 heterocycles. The van der Waals surface area contributed by atoms with Crippen molar-refractivity contribution < 1.29 is 18.4 Å². The summed E-state index contributed by atoms with van der Waals surface area (Å²) in [5.41, 5.74) is 0. The highest BCUT2D eigenvalue weighted by Gasteiger charge is 2.43.